The molecule has 1 aliphatic heterocycles. The summed E-state index contributed by atoms with van der Waals surface area (Å²) in [5.41, 5.74) is 2.73. The molecule has 1 heterocycles. The lowest BCUT2D eigenvalue weighted by atomic mass is 10.1. The van der Waals surface area contributed by atoms with Crippen molar-refractivity contribution in [3.05, 3.63) is 89.2 Å². The number of anilines is 2. The zero-order valence-electron chi connectivity index (χ0n) is 18.7. The van der Waals surface area contributed by atoms with E-state index in [1.54, 1.807) is 36.3 Å². The third-order valence-electron chi connectivity index (χ3n) is 5.84. The Morgan fingerprint density at radius 3 is 2.36 bits per heavy atom. The number of carbonyl (C=O) groups is 2. The number of piperazine rings is 1. The van der Waals surface area contributed by atoms with Crippen molar-refractivity contribution in [3.63, 3.8) is 0 Å². The summed E-state index contributed by atoms with van der Waals surface area (Å²) in [6.45, 7) is 4.35. The molecule has 1 aliphatic rings. The van der Waals surface area contributed by atoms with Crippen LogP contribution in [0.15, 0.2) is 66.7 Å². The van der Waals surface area contributed by atoms with E-state index in [1.165, 1.54) is 18.2 Å². The van der Waals surface area contributed by atoms with E-state index in [4.69, 9.17) is 4.74 Å². The molecule has 6 nitrogen and oxygen atoms in total. The normalized spacial score (nSPS) is 13.5. The van der Waals surface area contributed by atoms with Crippen molar-refractivity contribution in [2.45, 2.75) is 6.92 Å². The zero-order chi connectivity index (χ0) is 23.4. The zero-order valence-corrected chi connectivity index (χ0v) is 18.7. The highest BCUT2D eigenvalue weighted by Gasteiger charge is 2.24. The molecule has 1 N–H and O–H groups in total. The van der Waals surface area contributed by atoms with Crippen molar-refractivity contribution in [3.8, 4) is 5.75 Å². The standard InChI is InChI=1S/C26H26FN3O3/c1-18-11-12-19(17-22(18)28-25(31)20-7-3-4-8-21(20)27)26(32)30-15-13-29(14-16-30)23-9-5-6-10-24(23)33-2/h3-12,17H,13-16H2,1-2H3,(H,28,31). The number of benzene rings is 3. The quantitative estimate of drug-likeness (QED) is 0.632. The molecule has 3 aromatic rings. The van der Waals surface area contributed by atoms with Crippen molar-refractivity contribution in [2.24, 2.45) is 0 Å². The van der Waals surface area contributed by atoms with Gasteiger partial charge in [0.2, 0.25) is 0 Å². The molecule has 0 bridgehead atoms. The Labute approximate surface area is 192 Å². The minimum Gasteiger partial charge on any atom is -0.495 e. The second kappa shape index (κ2) is 9.73. The van der Waals surface area contributed by atoms with Crippen molar-refractivity contribution in [2.75, 3.05) is 43.5 Å². The fourth-order valence-electron chi connectivity index (χ4n) is 3.95. The number of hydrogen-bond donors (Lipinski definition) is 1. The van der Waals surface area contributed by atoms with Crippen molar-refractivity contribution in [1.82, 2.24) is 4.90 Å². The summed E-state index contributed by atoms with van der Waals surface area (Å²) in [6, 6.07) is 18.8. The number of rotatable bonds is 5. The molecule has 0 aromatic heterocycles. The minimum atomic E-state index is -0.590. The van der Waals surface area contributed by atoms with Crippen LogP contribution in [0.25, 0.3) is 0 Å². The van der Waals surface area contributed by atoms with E-state index >= 15 is 0 Å². The van der Waals surface area contributed by atoms with Crippen LogP contribution in [0.2, 0.25) is 0 Å². The number of amides is 2. The first kappa shape index (κ1) is 22.3. The second-order valence-electron chi connectivity index (χ2n) is 7.91. The molecule has 0 aliphatic carbocycles. The monoisotopic (exact) mass is 447 g/mol. The van der Waals surface area contributed by atoms with Crippen LogP contribution in [-0.2, 0) is 0 Å². The lowest BCUT2D eigenvalue weighted by Gasteiger charge is -2.36. The first-order chi connectivity index (χ1) is 16.0. The predicted octanol–water partition coefficient (Wildman–Crippen LogP) is 4.36. The topological polar surface area (TPSA) is 61.9 Å². The van der Waals surface area contributed by atoms with Crippen LogP contribution in [-0.4, -0.2) is 50.0 Å². The summed E-state index contributed by atoms with van der Waals surface area (Å²) >= 11 is 0. The predicted molar refractivity (Wildman–Crippen MR) is 127 cm³/mol. The second-order valence-corrected chi connectivity index (χ2v) is 7.91. The molecule has 7 heteroatoms. The first-order valence-electron chi connectivity index (χ1n) is 10.8. The largest absolute Gasteiger partial charge is 0.495 e. The van der Waals surface area contributed by atoms with Gasteiger partial charge in [0.25, 0.3) is 11.8 Å². The van der Waals surface area contributed by atoms with Gasteiger partial charge in [0.05, 0.1) is 18.4 Å². The van der Waals surface area contributed by atoms with Gasteiger partial charge in [-0.15, -0.1) is 0 Å². The third-order valence-corrected chi connectivity index (χ3v) is 5.84. The van der Waals surface area contributed by atoms with Gasteiger partial charge in [-0.05, 0) is 48.9 Å². The maximum Gasteiger partial charge on any atom is 0.258 e. The van der Waals surface area contributed by atoms with Crippen LogP contribution in [0, 0.1) is 12.7 Å². The molecule has 0 radical (unpaired) electrons. The van der Waals surface area contributed by atoms with E-state index in [0.29, 0.717) is 37.4 Å². The van der Waals surface area contributed by atoms with Crippen LogP contribution in [0.1, 0.15) is 26.3 Å². The van der Waals surface area contributed by atoms with Gasteiger partial charge in [-0.1, -0.05) is 30.3 Å². The van der Waals surface area contributed by atoms with E-state index < -0.39 is 11.7 Å². The average molecular weight is 448 g/mol. The molecule has 0 unspecified atom stereocenters. The average Bonchev–Trinajstić information content (AvgIpc) is 2.85. The number of nitrogens with one attached hydrogen (secondary N) is 1. The molecule has 2 amide bonds. The number of hydrogen-bond acceptors (Lipinski definition) is 4. The number of halogens is 1. The van der Waals surface area contributed by atoms with Gasteiger partial charge in [-0.2, -0.15) is 0 Å². The van der Waals surface area contributed by atoms with E-state index in [-0.39, 0.29) is 11.5 Å². The Bertz CT molecular complexity index is 1170. The minimum absolute atomic E-state index is 0.0407. The lowest BCUT2D eigenvalue weighted by molar-refractivity contribution is 0.0746. The van der Waals surface area contributed by atoms with Crippen LogP contribution < -0.4 is 15.0 Å². The van der Waals surface area contributed by atoms with Crippen molar-refractivity contribution >= 4 is 23.2 Å². The lowest BCUT2D eigenvalue weighted by Crippen LogP contribution is -2.48. The fraction of sp³-hybridized carbons (Fsp3) is 0.231. The highest BCUT2D eigenvalue weighted by atomic mass is 19.1. The number of nitrogens with zero attached hydrogens (tertiary/aromatic N) is 2. The van der Waals surface area contributed by atoms with Crippen LogP contribution in [0.4, 0.5) is 15.8 Å². The van der Waals surface area contributed by atoms with Crippen LogP contribution >= 0.6 is 0 Å². The maximum absolute atomic E-state index is 14.0. The SMILES string of the molecule is COc1ccccc1N1CCN(C(=O)c2ccc(C)c(NC(=O)c3ccccc3F)c2)CC1. The Kier molecular flexibility index (Phi) is 6.58. The van der Waals surface area contributed by atoms with Gasteiger partial charge in [0, 0.05) is 37.4 Å². The summed E-state index contributed by atoms with van der Waals surface area (Å²) < 4.78 is 19.4. The van der Waals surface area contributed by atoms with Crippen LogP contribution in [0.3, 0.4) is 0 Å². The summed E-state index contributed by atoms with van der Waals surface area (Å²) in [6.07, 6.45) is 0. The van der Waals surface area contributed by atoms with Gasteiger partial charge in [-0.3, -0.25) is 9.59 Å². The van der Waals surface area contributed by atoms with Crippen molar-refractivity contribution < 1.29 is 18.7 Å². The molecule has 0 spiro atoms. The summed E-state index contributed by atoms with van der Waals surface area (Å²) in [4.78, 5) is 29.7. The highest BCUT2D eigenvalue weighted by Crippen LogP contribution is 2.29. The molecule has 3 aromatic carbocycles. The molecular formula is C26H26FN3O3. The highest BCUT2D eigenvalue weighted by molar-refractivity contribution is 6.05. The number of methoxy groups -OCH3 is 1. The Morgan fingerprint density at radius 2 is 1.64 bits per heavy atom. The Morgan fingerprint density at radius 1 is 0.939 bits per heavy atom. The van der Waals surface area contributed by atoms with Gasteiger partial charge in [0.15, 0.2) is 0 Å². The van der Waals surface area contributed by atoms with E-state index in [0.717, 1.165) is 17.0 Å². The van der Waals surface area contributed by atoms with Gasteiger partial charge in [-0.25, -0.2) is 4.39 Å². The third kappa shape index (κ3) is 4.82. The first-order valence-corrected chi connectivity index (χ1v) is 10.8. The summed E-state index contributed by atoms with van der Waals surface area (Å²) in [5.74, 6) is -0.430. The molecule has 0 atom stereocenters. The summed E-state index contributed by atoms with van der Waals surface area (Å²) in [5, 5.41) is 2.73. The van der Waals surface area contributed by atoms with Gasteiger partial charge >= 0.3 is 0 Å². The molecule has 170 valence electrons. The molecule has 1 fully saturated rings. The molecule has 33 heavy (non-hydrogen) atoms. The molecule has 0 saturated carbocycles. The number of para-hydroxylation sites is 2. The van der Waals surface area contributed by atoms with E-state index in [2.05, 4.69) is 10.2 Å². The van der Waals surface area contributed by atoms with E-state index in [9.17, 15) is 14.0 Å². The van der Waals surface area contributed by atoms with E-state index in [1.807, 2.05) is 31.2 Å². The summed E-state index contributed by atoms with van der Waals surface area (Å²) in [7, 11) is 1.65. The van der Waals surface area contributed by atoms with Gasteiger partial charge in [0.1, 0.15) is 11.6 Å². The number of aryl methyl sites for hydroxylation is 1. The number of carbonyl (C=O) groups excluding carboxylic acids is 2. The molecular weight excluding hydrogens is 421 g/mol. The maximum atomic E-state index is 14.0. The number of ether oxygens (including phenoxy) is 1. The fourth-order valence-corrected chi connectivity index (χ4v) is 3.95. The van der Waals surface area contributed by atoms with Crippen molar-refractivity contribution in [1.29, 1.82) is 0 Å². The van der Waals surface area contributed by atoms with Gasteiger partial charge < -0.3 is 19.9 Å². The molecule has 4 rings (SSSR count). The smallest absolute Gasteiger partial charge is 0.258 e. The van der Waals surface area contributed by atoms with Crippen LogP contribution in [0.5, 0.6) is 5.75 Å². The Balaban J connectivity index is 1.45. The molecule has 1 saturated heterocycles. The Hall–Kier alpha value is -3.87.